The average molecular weight is 342 g/mol. The maximum atomic E-state index is 8.86. The Kier molecular flexibility index (Phi) is 5.40. The maximum Gasteiger partial charge on any atom is 0.0635 e. The summed E-state index contributed by atoms with van der Waals surface area (Å²) in [6.45, 7) is 2.96. The number of nitriles is 1. The molecule has 1 aliphatic carbocycles. The Morgan fingerprint density at radius 2 is 2.37 bits per heavy atom. The molecule has 0 aliphatic heterocycles. The SMILES string of the molecule is CCC(N)C(c1cc(Br)cs1)N(CCC#N)C1CC1. The summed E-state index contributed by atoms with van der Waals surface area (Å²) in [5.74, 6) is 0. The number of nitrogens with two attached hydrogens (primary N) is 1. The fraction of sp³-hybridized carbons (Fsp3) is 0.643. The summed E-state index contributed by atoms with van der Waals surface area (Å²) in [4.78, 5) is 3.77. The molecule has 1 saturated carbocycles. The molecule has 1 heterocycles. The molecule has 104 valence electrons. The Bertz CT molecular complexity index is 450. The monoisotopic (exact) mass is 341 g/mol. The van der Waals surface area contributed by atoms with E-state index in [2.05, 4.69) is 45.3 Å². The second kappa shape index (κ2) is 6.85. The molecule has 2 atom stereocenters. The van der Waals surface area contributed by atoms with Crippen LogP contribution >= 0.6 is 27.3 Å². The van der Waals surface area contributed by atoms with Gasteiger partial charge in [0.1, 0.15) is 0 Å². The van der Waals surface area contributed by atoms with E-state index in [1.54, 1.807) is 11.3 Å². The average Bonchev–Trinajstić information content (AvgIpc) is 3.16. The molecule has 0 aromatic carbocycles. The van der Waals surface area contributed by atoms with Gasteiger partial charge in [-0.3, -0.25) is 4.90 Å². The second-order valence-corrected chi connectivity index (χ2v) is 6.92. The van der Waals surface area contributed by atoms with Gasteiger partial charge in [-0.1, -0.05) is 6.92 Å². The van der Waals surface area contributed by atoms with Crippen molar-refractivity contribution in [1.29, 1.82) is 5.26 Å². The van der Waals surface area contributed by atoms with E-state index in [1.165, 1.54) is 17.7 Å². The predicted molar refractivity (Wildman–Crippen MR) is 83.0 cm³/mol. The summed E-state index contributed by atoms with van der Waals surface area (Å²) < 4.78 is 1.12. The van der Waals surface area contributed by atoms with Crippen molar-refractivity contribution in [2.45, 2.75) is 50.7 Å². The van der Waals surface area contributed by atoms with Crippen molar-refractivity contribution in [3.63, 3.8) is 0 Å². The van der Waals surface area contributed by atoms with E-state index in [0.29, 0.717) is 12.5 Å². The molecular formula is C14H20BrN3S. The smallest absolute Gasteiger partial charge is 0.0635 e. The highest BCUT2D eigenvalue weighted by Gasteiger charge is 2.37. The normalized spacial score (nSPS) is 18.3. The van der Waals surface area contributed by atoms with Crippen molar-refractivity contribution in [2.75, 3.05) is 6.54 Å². The third-order valence-electron chi connectivity index (χ3n) is 3.61. The molecule has 0 bridgehead atoms. The van der Waals surface area contributed by atoms with Gasteiger partial charge in [-0.2, -0.15) is 5.26 Å². The van der Waals surface area contributed by atoms with Crippen LogP contribution in [-0.4, -0.2) is 23.5 Å². The number of hydrogen-bond acceptors (Lipinski definition) is 4. The van der Waals surface area contributed by atoms with E-state index in [9.17, 15) is 0 Å². The zero-order valence-electron chi connectivity index (χ0n) is 11.2. The molecule has 0 amide bonds. The number of thiophene rings is 1. The Morgan fingerprint density at radius 1 is 1.63 bits per heavy atom. The summed E-state index contributed by atoms with van der Waals surface area (Å²) in [5.41, 5.74) is 6.36. The summed E-state index contributed by atoms with van der Waals surface area (Å²) in [6.07, 6.45) is 4.02. The van der Waals surface area contributed by atoms with Crippen molar-refractivity contribution < 1.29 is 0 Å². The first-order valence-corrected chi connectivity index (χ1v) is 8.46. The van der Waals surface area contributed by atoms with E-state index in [1.807, 2.05) is 0 Å². The van der Waals surface area contributed by atoms with Crippen LogP contribution in [0.1, 0.15) is 43.5 Å². The topological polar surface area (TPSA) is 53.0 Å². The lowest BCUT2D eigenvalue weighted by Crippen LogP contribution is -2.42. The van der Waals surface area contributed by atoms with E-state index in [-0.39, 0.29) is 12.1 Å². The Hall–Kier alpha value is -0.410. The standard InChI is InChI=1S/C14H20BrN3S/c1-2-12(17)14(13-8-10(15)9-19-13)18(7-3-6-16)11-4-5-11/h8-9,11-12,14H,2-5,7,17H2,1H3. The lowest BCUT2D eigenvalue weighted by Gasteiger charge is -2.34. The summed E-state index contributed by atoms with van der Waals surface area (Å²) >= 11 is 5.28. The van der Waals surface area contributed by atoms with Gasteiger partial charge in [0.15, 0.2) is 0 Å². The van der Waals surface area contributed by atoms with E-state index in [0.717, 1.165) is 17.4 Å². The number of hydrogen-bond donors (Lipinski definition) is 1. The molecule has 19 heavy (non-hydrogen) atoms. The predicted octanol–water partition coefficient (Wildman–Crippen LogP) is 3.67. The molecule has 2 unspecified atom stereocenters. The summed E-state index contributed by atoms with van der Waals surface area (Å²) in [7, 11) is 0. The van der Waals surface area contributed by atoms with Crippen molar-refractivity contribution in [2.24, 2.45) is 5.73 Å². The molecule has 0 saturated heterocycles. The first-order chi connectivity index (χ1) is 9.17. The molecular weight excluding hydrogens is 322 g/mol. The third-order valence-corrected chi connectivity index (χ3v) is 5.38. The Labute approximate surface area is 127 Å². The van der Waals surface area contributed by atoms with Gasteiger partial charge in [0.05, 0.1) is 12.1 Å². The zero-order chi connectivity index (χ0) is 13.8. The van der Waals surface area contributed by atoms with E-state index >= 15 is 0 Å². The van der Waals surface area contributed by atoms with E-state index in [4.69, 9.17) is 11.0 Å². The van der Waals surface area contributed by atoms with Gasteiger partial charge in [-0.15, -0.1) is 11.3 Å². The van der Waals surface area contributed by atoms with Crippen molar-refractivity contribution >= 4 is 27.3 Å². The minimum absolute atomic E-state index is 0.129. The highest BCUT2D eigenvalue weighted by atomic mass is 79.9. The molecule has 1 aromatic rings. The maximum absolute atomic E-state index is 8.86. The summed E-state index contributed by atoms with van der Waals surface area (Å²) in [5, 5.41) is 11.0. The molecule has 2 rings (SSSR count). The van der Waals surface area contributed by atoms with Crippen LogP contribution in [0, 0.1) is 11.3 Å². The Balaban J connectivity index is 2.22. The van der Waals surface area contributed by atoms with Gasteiger partial charge in [-0.05, 0) is 41.3 Å². The van der Waals surface area contributed by atoms with Crippen LogP contribution in [0.2, 0.25) is 0 Å². The highest BCUT2D eigenvalue weighted by Crippen LogP contribution is 2.39. The molecule has 1 aliphatic rings. The molecule has 2 N–H and O–H groups in total. The molecule has 5 heteroatoms. The fourth-order valence-electron chi connectivity index (χ4n) is 2.46. The van der Waals surface area contributed by atoms with Gasteiger partial charge in [-0.25, -0.2) is 0 Å². The van der Waals surface area contributed by atoms with Crippen LogP contribution in [-0.2, 0) is 0 Å². The van der Waals surface area contributed by atoms with Gasteiger partial charge >= 0.3 is 0 Å². The molecule has 0 radical (unpaired) electrons. The third kappa shape index (κ3) is 3.79. The van der Waals surface area contributed by atoms with Gasteiger partial charge in [0.25, 0.3) is 0 Å². The van der Waals surface area contributed by atoms with Crippen LogP contribution in [0.25, 0.3) is 0 Å². The van der Waals surface area contributed by atoms with Crippen LogP contribution in [0.5, 0.6) is 0 Å². The van der Waals surface area contributed by atoms with Gasteiger partial charge in [0, 0.05) is 39.8 Å². The number of rotatable bonds is 7. The van der Waals surface area contributed by atoms with Gasteiger partial charge in [0.2, 0.25) is 0 Å². The number of nitrogens with zero attached hydrogens (tertiary/aromatic N) is 2. The largest absolute Gasteiger partial charge is 0.326 e. The number of halogens is 1. The molecule has 1 aromatic heterocycles. The fourth-order valence-corrected chi connectivity index (χ4v) is 4.10. The van der Waals surface area contributed by atoms with E-state index < -0.39 is 0 Å². The molecule has 3 nitrogen and oxygen atoms in total. The Morgan fingerprint density at radius 3 is 2.84 bits per heavy atom. The lowest BCUT2D eigenvalue weighted by atomic mass is 10.0. The minimum atomic E-state index is 0.129. The molecule has 0 spiro atoms. The summed E-state index contributed by atoms with van der Waals surface area (Å²) in [6, 6.07) is 5.44. The zero-order valence-corrected chi connectivity index (χ0v) is 13.6. The van der Waals surface area contributed by atoms with Crippen LogP contribution in [0.15, 0.2) is 15.9 Å². The van der Waals surface area contributed by atoms with Crippen molar-refractivity contribution in [3.8, 4) is 6.07 Å². The highest BCUT2D eigenvalue weighted by molar-refractivity contribution is 9.10. The first kappa shape index (κ1) is 15.0. The second-order valence-electron chi connectivity index (χ2n) is 5.06. The lowest BCUT2D eigenvalue weighted by molar-refractivity contribution is 0.165. The van der Waals surface area contributed by atoms with Crippen molar-refractivity contribution in [1.82, 2.24) is 4.90 Å². The van der Waals surface area contributed by atoms with Crippen molar-refractivity contribution in [3.05, 3.63) is 20.8 Å². The van der Waals surface area contributed by atoms with Crippen LogP contribution in [0.4, 0.5) is 0 Å². The minimum Gasteiger partial charge on any atom is -0.326 e. The van der Waals surface area contributed by atoms with Gasteiger partial charge < -0.3 is 5.73 Å². The quantitative estimate of drug-likeness (QED) is 0.823. The van der Waals surface area contributed by atoms with Crippen LogP contribution in [0.3, 0.4) is 0 Å². The first-order valence-electron chi connectivity index (χ1n) is 6.79. The molecule has 1 fully saturated rings. The van der Waals surface area contributed by atoms with Crippen LogP contribution < -0.4 is 5.73 Å².